The first kappa shape index (κ1) is 17.2. The van der Waals surface area contributed by atoms with Crippen LogP contribution in [0.1, 0.15) is 22.8 Å². The number of nitrogens with zero attached hydrogens (tertiary/aromatic N) is 1. The maximum absolute atomic E-state index is 12.7. The maximum atomic E-state index is 12.7. The molecule has 0 heterocycles. The Bertz CT molecular complexity index is 773. The van der Waals surface area contributed by atoms with Crippen LogP contribution in [0.3, 0.4) is 0 Å². The van der Waals surface area contributed by atoms with E-state index in [9.17, 15) is 13.2 Å². The van der Waals surface area contributed by atoms with E-state index < -0.39 is 10.0 Å². The lowest BCUT2D eigenvalue weighted by Crippen LogP contribution is -2.30. The van der Waals surface area contributed by atoms with E-state index in [-0.39, 0.29) is 10.8 Å². The minimum absolute atomic E-state index is 0.0848. The van der Waals surface area contributed by atoms with Crippen molar-refractivity contribution in [1.29, 1.82) is 0 Å². The molecule has 0 saturated heterocycles. The van der Waals surface area contributed by atoms with E-state index in [0.29, 0.717) is 18.7 Å². The van der Waals surface area contributed by atoms with Gasteiger partial charge in [0.15, 0.2) is 0 Å². The zero-order valence-electron chi connectivity index (χ0n) is 13.2. The van der Waals surface area contributed by atoms with E-state index in [2.05, 4.69) is 4.72 Å². The van der Waals surface area contributed by atoms with Gasteiger partial charge in [-0.3, -0.25) is 4.79 Å². The van der Waals surface area contributed by atoms with Crippen LogP contribution in [0.25, 0.3) is 0 Å². The molecule has 0 atom stereocenters. The predicted molar refractivity (Wildman–Crippen MR) is 89.5 cm³/mol. The normalized spacial score (nSPS) is 11.2. The molecule has 5 nitrogen and oxygen atoms in total. The lowest BCUT2D eigenvalue weighted by atomic mass is 10.1. The molecule has 0 radical (unpaired) electrons. The molecule has 0 aromatic heterocycles. The van der Waals surface area contributed by atoms with Crippen molar-refractivity contribution < 1.29 is 13.2 Å². The monoisotopic (exact) mass is 332 g/mol. The molecular formula is C17H20N2O3S. The number of hydrogen-bond donors (Lipinski definition) is 1. The predicted octanol–water partition coefficient (Wildman–Crippen LogP) is 2.26. The van der Waals surface area contributed by atoms with Crippen LogP contribution < -0.4 is 4.72 Å². The molecule has 2 aromatic carbocycles. The fraction of sp³-hybridized carbons (Fsp3) is 0.235. The number of nitrogens with one attached hydrogen (secondary N) is 1. The summed E-state index contributed by atoms with van der Waals surface area (Å²) in [4.78, 5) is 14.4. The average Bonchev–Trinajstić information content (AvgIpc) is 2.60. The summed E-state index contributed by atoms with van der Waals surface area (Å²) in [5, 5.41) is 0. The summed E-state index contributed by atoms with van der Waals surface area (Å²) in [5.74, 6) is -0.190. The van der Waals surface area contributed by atoms with Gasteiger partial charge >= 0.3 is 0 Å². The van der Waals surface area contributed by atoms with E-state index in [1.165, 1.54) is 19.2 Å². The van der Waals surface area contributed by atoms with E-state index in [0.717, 1.165) is 5.56 Å². The smallest absolute Gasteiger partial charge is 0.254 e. The van der Waals surface area contributed by atoms with Crippen molar-refractivity contribution in [3.8, 4) is 0 Å². The summed E-state index contributed by atoms with van der Waals surface area (Å²) in [5.41, 5.74) is 1.39. The Morgan fingerprint density at radius 2 is 1.78 bits per heavy atom. The van der Waals surface area contributed by atoms with Gasteiger partial charge in [-0.05, 0) is 37.7 Å². The van der Waals surface area contributed by atoms with E-state index in [1.54, 1.807) is 17.0 Å². The molecule has 2 rings (SSSR count). The van der Waals surface area contributed by atoms with Crippen molar-refractivity contribution in [2.45, 2.75) is 18.4 Å². The summed E-state index contributed by atoms with van der Waals surface area (Å²) in [6.45, 7) is 2.92. The molecule has 1 amide bonds. The van der Waals surface area contributed by atoms with Gasteiger partial charge in [0.05, 0.1) is 4.90 Å². The van der Waals surface area contributed by atoms with Gasteiger partial charge in [0.25, 0.3) is 5.91 Å². The first-order chi connectivity index (χ1) is 11.0. The van der Waals surface area contributed by atoms with Crippen LogP contribution in [0.4, 0.5) is 0 Å². The van der Waals surface area contributed by atoms with Crippen LogP contribution in [0.15, 0.2) is 59.5 Å². The third-order valence-electron chi connectivity index (χ3n) is 3.55. The lowest BCUT2D eigenvalue weighted by molar-refractivity contribution is 0.0752. The van der Waals surface area contributed by atoms with Crippen LogP contribution in [-0.4, -0.2) is 32.8 Å². The molecule has 122 valence electrons. The molecule has 0 spiro atoms. The number of amides is 1. The number of carbonyl (C=O) groups is 1. The fourth-order valence-electron chi connectivity index (χ4n) is 2.23. The Kier molecular flexibility index (Phi) is 5.52. The second kappa shape index (κ2) is 7.39. The Hall–Kier alpha value is -2.18. The molecule has 0 saturated carbocycles. The minimum atomic E-state index is -3.57. The van der Waals surface area contributed by atoms with Gasteiger partial charge in [0.1, 0.15) is 0 Å². The quantitative estimate of drug-likeness (QED) is 0.882. The number of rotatable bonds is 6. The summed E-state index contributed by atoms with van der Waals surface area (Å²) in [6, 6.07) is 15.8. The van der Waals surface area contributed by atoms with Crippen LogP contribution in [0, 0.1) is 0 Å². The number of carbonyl (C=O) groups excluding carboxylic acids is 1. The van der Waals surface area contributed by atoms with E-state index >= 15 is 0 Å². The Balaban J connectivity index is 2.26. The van der Waals surface area contributed by atoms with Gasteiger partial charge in [0.2, 0.25) is 10.0 Å². The minimum Gasteiger partial charge on any atom is -0.335 e. The maximum Gasteiger partial charge on any atom is 0.254 e. The molecule has 6 heteroatoms. The summed E-state index contributed by atoms with van der Waals surface area (Å²) in [6.07, 6.45) is 0. The second-order valence-corrected chi connectivity index (χ2v) is 6.93. The highest BCUT2D eigenvalue weighted by Crippen LogP contribution is 2.14. The zero-order valence-corrected chi connectivity index (χ0v) is 14.0. The highest BCUT2D eigenvalue weighted by molar-refractivity contribution is 7.89. The Morgan fingerprint density at radius 1 is 1.09 bits per heavy atom. The molecule has 1 N–H and O–H groups in total. The molecule has 0 aliphatic heterocycles. The van der Waals surface area contributed by atoms with Crippen molar-refractivity contribution >= 4 is 15.9 Å². The van der Waals surface area contributed by atoms with E-state index in [4.69, 9.17) is 0 Å². The van der Waals surface area contributed by atoms with Gasteiger partial charge in [0, 0.05) is 18.7 Å². The average molecular weight is 332 g/mol. The summed E-state index contributed by atoms with van der Waals surface area (Å²) < 4.78 is 26.0. The topological polar surface area (TPSA) is 66.5 Å². The molecule has 0 unspecified atom stereocenters. The summed E-state index contributed by atoms with van der Waals surface area (Å²) in [7, 11) is -2.22. The molecule has 0 fully saturated rings. The first-order valence-corrected chi connectivity index (χ1v) is 8.83. The molecule has 23 heavy (non-hydrogen) atoms. The molecule has 0 aliphatic carbocycles. The first-order valence-electron chi connectivity index (χ1n) is 7.34. The van der Waals surface area contributed by atoms with Crippen LogP contribution in [-0.2, 0) is 16.6 Å². The molecular weight excluding hydrogens is 312 g/mol. The highest BCUT2D eigenvalue weighted by atomic mass is 32.2. The molecule has 2 aromatic rings. The van der Waals surface area contributed by atoms with E-state index in [1.807, 2.05) is 37.3 Å². The Labute approximate surface area is 137 Å². The van der Waals surface area contributed by atoms with Crippen molar-refractivity contribution in [3.05, 3.63) is 65.7 Å². The Morgan fingerprint density at radius 3 is 2.39 bits per heavy atom. The van der Waals surface area contributed by atoms with Crippen LogP contribution >= 0.6 is 0 Å². The number of benzene rings is 2. The number of sulfonamides is 1. The summed E-state index contributed by atoms with van der Waals surface area (Å²) >= 11 is 0. The molecule has 0 aliphatic rings. The standard InChI is InChI=1S/C17H20N2O3S/c1-3-19(13-14-8-5-4-6-9-14)17(20)15-10-7-11-16(12-15)23(21,22)18-2/h4-12,18H,3,13H2,1-2H3. The van der Waals surface area contributed by atoms with Crippen molar-refractivity contribution in [2.24, 2.45) is 0 Å². The largest absolute Gasteiger partial charge is 0.335 e. The van der Waals surface area contributed by atoms with Crippen molar-refractivity contribution in [1.82, 2.24) is 9.62 Å². The fourth-order valence-corrected chi connectivity index (χ4v) is 3.00. The van der Waals surface area contributed by atoms with Crippen molar-refractivity contribution in [2.75, 3.05) is 13.6 Å². The van der Waals surface area contributed by atoms with Gasteiger partial charge in [-0.25, -0.2) is 13.1 Å². The van der Waals surface area contributed by atoms with Gasteiger partial charge in [-0.1, -0.05) is 36.4 Å². The van der Waals surface area contributed by atoms with Gasteiger partial charge in [-0.2, -0.15) is 0 Å². The highest BCUT2D eigenvalue weighted by Gasteiger charge is 2.18. The third-order valence-corrected chi connectivity index (χ3v) is 4.96. The molecule has 0 bridgehead atoms. The van der Waals surface area contributed by atoms with Crippen LogP contribution in [0.5, 0.6) is 0 Å². The van der Waals surface area contributed by atoms with Gasteiger partial charge in [-0.15, -0.1) is 0 Å². The third kappa shape index (κ3) is 4.18. The van der Waals surface area contributed by atoms with Crippen LogP contribution in [0.2, 0.25) is 0 Å². The second-order valence-electron chi connectivity index (χ2n) is 5.04. The van der Waals surface area contributed by atoms with Crippen molar-refractivity contribution in [3.63, 3.8) is 0 Å². The SMILES string of the molecule is CCN(Cc1ccccc1)C(=O)c1cccc(S(=O)(=O)NC)c1. The lowest BCUT2D eigenvalue weighted by Gasteiger charge is -2.21. The number of hydrogen-bond acceptors (Lipinski definition) is 3. The van der Waals surface area contributed by atoms with Gasteiger partial charge < -0.3 is 4.90 Å². The zero-order chi connectivity index (χ0) is 16.9.